The SMILES string of the molecule is O=C(CC1CCCCO1)NCCn1c(C2CC2)n[nH]c1=S. The molecule has 116 valence electrons. The van der Waals surface area contributed by atoms with Crippen LogP contribution in [-0.4, -0.2) is 39.9 Å². The first-order chi connectivity index (χ1) is 10.2. The topological polar surface area (TPSA) is 71.9 Å². The van der Waals surface area contributed by atoms with Crippen LogP contribution in [0.15, 0.2) is 0 Å². The zero-order valence-corrected chi connectivity index (χ0v) is 13.0. The Hall–Kier alpha value is -1.21. The van der Waals surface area contributed by atoms with Crippen molar-refractivity contribution in [3.05, 3.63) is 10.6 Å². The summed E-state index contributed by atoms with van der Waals surface area (Å²) in [6, 6.07) is 0. The van der Waals surface area contributed by atoms with Gasteiger partial charge in [0.05, 0.1) is 12.5 Å². The molecule has 1 saturated heterocycles. The summed E-state index contributed by atoms with van der Waals surface area (Å²) in [4.78, 5) is 11.9. The molecule has 1 aromatic rings. The summed E-state index contributed by atoms with van der Waals surface area (Å²) < 4.78 is 8.23. The number of carbonyl (C=O) groups is 1. The largest absolute Gasteiger partial charge is 0.378 e. The minimum absolute atomic E-state index is 0.0601. The second-order valence-electron chi connectivity index (χ2n) is 5.86. The molecule has 2 fully saturated rings. The van der Waals surface area contributed by atoms with Crippen LogP contribution in [0, 0.1) is 4.77 Å². The molecular formula is C14H22N4O2S. The first kappa shape index (κ1) is 14.7. The van der Waals surface area contributed by atoms with Crippen molar-refractivity contribution < 1.29 is 9.53 Å². The van der Waals surface area contributed by atoms with Gasteiger partial charge in [0.15, 0.2) is 4.77 Å². The van der Waals surface area contributed by atoms with Crippen molar-refractivity contribution in [2.24, 2.45) is 0 Å². The maximum Gasteiger partial charge on any atom is 0.222 e. The molecule has 1 amide bonds. The Morgan fingerprint density at radius 3 is 3.00 bits per heavy atom. The summed E-state index contributed by atoms with van der Waals surface area (Å²) in [5.41, 5.74) is 0. The summed E-state index contributed by atoms with van der Waals surface area (Å²) in [6.45, 7) is 2.05. The maximum absolute atomic E-state index is 11.9. The summed E-state index contributed by atoms with van der Waals surface area (Å²) in [5, 5.41) is 10.1. The van der Waals surface area contributed by atoms with Crippen molar-refractivity contribution >= 4 is 18.1 Å². The van der Waals surface area contributed by atoms with Crippen LogP contribution in [0.25, 0.3) is 0 Å². The number of carbonyl (C=O) groups excluding carboxylic acids is 1. The van der Waals surface area contributed by atoms with Crippen molar-refractivity contribution in [3.63, 3.8) is 0 Å². The van der Waals surface area contributed by atoms with E-state index in [-0.39, 0.29) is 12.0 Å². The molecule has 6 nitrogen and oxygen atoms in total. The fourth-order valence-corrected chi connectivity index (χ4v) is 2.98. The molecule has 1 aliphatic carbocycles. The van der Waals surface area contributed by atoms with Gasteiger partial charge in [-0.15, -0.1) is 0 Å². The van der Waals surface area contributed by atoms with Crippen LogP contribution < -0.4 is 5.32 Å². The van der Waals surface area contributed by atoms with Crippen LogP contribution in [0.3, 0.4) is 0 Å². The summed E-state index contributed by atoms with van der Waals surface area (Å²) in [7, 11) is 0. The molecule has 2 N–H and O–H groups in total. The second kappa shape index (κ2) is 6.70. The molecule has 0 radical (unpaired) electrons. The molecule has 21 heavy (non-hydrogen) atoms. The minimum atomic E-state index is 0.0601. The number of rotatable bonds is 6. The van der Waals surface area contributed by atoms with E-state index >= 15 is 0 Å². The van der Waals surface area contributed by atoms with Gasteiger partial charge in [0.2, 0.25) is 5.91 Å². The Kier molecular flexibility index (Phi) is 4.70. The number of amides is 1. The van der Waals surface area contributed by atoms with Crippen molar-refractivity contribution in [2.75, 3.05) is 13.2 Å². The second-order valence-corrected chi connectivity index (χ2v) is 6.24. The molecule has 1 aromatic heterocycles. The summed E-state index contributed by atoms with van der Waals surface area (Å²) in [6.07, 6.45) is 6.19. The molecular weight excluding hydrogens is 288 g/mol. The van der Waals surface area contributed by atoms with Gasteiger partial charge in [0, 0.05) is 25.6 Å². The molecule has 7 heteroatoms. The van der Waals surface area contributed by atoms with Gasteiger partial charge in [-0.05, 0) is 44.3 Å². The molecule has 3 rings (SSSR count). The lowest BCUT2D eigenvalue weighted by Gasteiger charge is -2.21. The zero-order valence-electron chi connectivity index (χ0n) is 12.1. The lowest BCUT2D eigenvalue weighted by atomic mass is 10.1. The fraction of sp³-hybridized carbons (Fsp3) is 0.786. The van der Waals surface area contributed by atoms with Crippen LogP contribution in [0.2, 0.25) is 0 Å². The molecule has 2 aliphatic rings. The van der Waals surface area contributed by atoms with Crippen molar-refractivity contribution in [1.82, 2.24) is 20.1 Å². The number of ether oxygens (including phenoxy) is 1. The average molecular weight is 310 g/mol. The van der Waals surface area contributed by atoms with Gasteiger partial charge in [-0.1, -0.05) is 0 Å². The van der Waals surface area contributed by atoms with Gasteiger partial charge in [0.25, 0.3) is 0 Å². The van der Waals surface area contributed by atoms with Crippen LogP contribution in [0.5, 0.6) is 0 Å². The zero-order chi connectivity index (χ0) is 14.7. The highest BCUT2D eigenvalue weighted by molar-refractivity contribution is 7.71. The first-order valence-electron chi connectivity index (χ1n) is 7.77. The Bertz CT molecular complexity index is 543. The fourth-order valence-electron chi connectivity index (χ4n) is 2.75. The standard InChI is InChI=1S/C14H22N4O2S/c19-12(9-11-3-1-2-8-20-11)15-6-7-18-13(10-4-5-10)16-17-14(18)21/h10-11H,1-9H2,(H,15,19)(H,17,21). The maximum atomic E-state index is 11.9. The normalized spacial score (nSPS) is 22.2. The molecule has 2 heterocycles. The van der Waals surface area contributed by atoms with Crippen LogP contribution in [0.1, 0.15) is 50.3 Å². The monoisotopic (exact) mass is 310 g/mol. The quantitative estimate of drug-likeness (QED) is 0.787. The van der Waals surface area contributed by atoms with E-state index in [1.54, 1.807) is 0 Å². The van der Waals surface area contributed by atoms with Gasteiger partial charge in [-0.25, -0.2) is 0 Å². The highest BCUT2D eigenvalue weighted by Gasteiger charge is 2.28. The Balaban J connectivity index is 1.44. The number of nitrogens with one attached hydrogen (secondary N) is 2. The summed E-state index contributed by atoms with van der Waals surface area (Å²) >= 11 is 5.24. The number of H-pyrrole nitrogens is 1. The number of hydrogen-bond donors (Lipinski definition) is 2. The Labute approximate surface area is 129 Å². The third-order valence-electron chi connectivity index (χ3n) is 4.07. The third-order valence-corrected chi connectivity index (χ3v) is 4.39. The lowest BCUT2D eigenvalue weighted by molar-refractivity contribution is -0.124. The minimum Gasteiger partial charge on any atom is -0.378 e. The van der Waals surface area contributed by atoms with Gasteiger partial charge in [-0.3, -0.25) is 9.89 Å². The van der Waals surface area contributed by atoms with Crippen molar-refractivity contribution in [2.45, 2.75) is 57.1 Å². The lowest BCUT2D eigenvalue weighted by Crippen LogP contribution is -2.32. The first-order valence-corrected chi connectivity index (χ1v) is 8.18. The van der Waals surface area contributed by atoms with E-state index in [0.717, 1.165) is 31.7 Å². The molecule has 0 bridgehead atoms. The Morgan fingerprint density at radius 2 is 2.29 bits per heavy atom. The van der Waals surface area contributed by atoms with Crippen LogP contribution in [-0.2, 0) is 16.1 Å². The van der Waals surface area contributed by atoms with E-state index in [0.29, 0.717) is 30.2 Å². The van der Waals surface area contributed by atoms with Crippen molar-refractivity contribution in [1.29, 1.82) is 0 Å². The van der Waals surface area contributed by atoms with Gasteiger partial charge < -0.3 is 14.6 Å². The van der Waals surface area contributed by atoms with Gasteiger partial charge in [-0.2, -0.15) is 5.10 Å². The number of aromatic amines is 1. The number of aromatic nitrogens is 3. The Morgan fingerprint density at radius 1 is 1.43 bits per heavy atom. The summed E-state index contributed by atoms with van der Waals surface area (Å²) in [5.74, 6) is 1.64. The average Bonchev–Trinajstić information content (AvgIpc) is 3.26. The molecule has 0 aromatic carbocycles. The van der Waals surface area contributed by atoms with Gasteiger partial charge >= 0.3 is 0 Å². The molecule has 1 atom stereocenters. The van der Waals surface area contributed by atoms with E-state index in [9.17, 15) is 4.79 Å². The number of nitrogens with zero attached hydrogens (tertiary/aromatic N) is 2. The number of hydrogen-bond acceptors (Lipinski definition) is 4. The van der Waals surface area contributed by atoms with E-state index in [1.165, 1.54) is 12.8 Å². The van der Waals surface area contributed by atoms with Gasteiger partial charge in [0.1, 0.15) is 5.82 Å². The van der Waals surface area contributed by atoms with E-state index < -0.39 is 0 Å². The van der Waals surface area contributed by atoms with Crippen LogP contribution in [0.4, 0.5) is 0 Å². The molecule has 1 aliphatic heterocycles. The van der Waals surface area contributed by atoms with Crippen molar-refractivity contribution in [3.8, 4) is 0 Å². The highest BCUT2D eigenvalue weighted by atomic mass is 32.1. The third kappa shape index (κ3) is 3.91. The van der Waals surface area contributed by atoms with E-state index in [2.05, 4.69) is 15.5 Å². The predicted molar refractivity (Wildman–Crippen MR) is 80.6 cm³/mol. The predicted octanol–water partition coefficient (Wildman–Crippen LogP) is 1.89. The molecule has 0 spiro atoms. The molecule has 1 unspecified atom stereocenters. The molecule has 1 saturated carbocycles. The van der Waals surface area contributed by atoms with Crippen LogP contribution >= 0.6 is 12.2 Å². The van der Waals surface area contributed by atoms with E-state index in [4.69, 9.17) is 17.0 Å². The van der Waals surface area contributed by atoms with E-state index in [1.807, 2.05) is 4.57 Å². The highest BCUT2D eigenvalue weighted by Crippen LogP contribution is 2.38. The smallest absolute Gasteiger partial charge is 0.222 e.